The molecule has 0 saturated heterocycles. The molecule has 124 valence electrons. The molecule has 0 aliphatic carbocycles. The molecule has 0 bridgehead atoms. The summed E-state index contributed by atoms with van der Waals surface area (Å²) >= 11 is 4.47. The van der Waals surface area contributed by atoms with E-state index in [-0.39, 0.29) is 5.56 Å². The van der Waals surface area contributed by atoms with Crippen LogP contribution in [0.4, 0.5) is 9.18 Å². The molecule has 0 aromatic carbocycles. The normalized spacial score (nSPS) is 21.0. The molecule has 1 N–H and O–H groups in total. The molecule has 0 radical (unpaired) electrons. The third-order valence-corrected chi connectivity index (χ3v) is 4.49. The molecule has 1 aromatic rings. The van der Waals surface area contributed by atoms with Crippen molar-refractivity contribution in [2.75, 3.05) is 0 Å². The van der Waals surface area contributed by atoms with Crippen LogP contribution in [0.25, 0.3) is 0 Å². The van der Waals surface area contributed by atoms with Gasteiger partial charge in [0, 0.05) is 21.8 Å². The number of hydrogen-bond acceptors (Lipinski definition) is 4. The van der Waals surface area contributed by atoms with Crippen LogP contribution < -0.4 is 0 Å². The zero-order chi connectivity index (χ0) is 17.4. The molecule has 1 aliphatic rings. The Morgan fingerprint density at radius 1 is 1.48 bits per heavy atom. The van der Waals surface area contributed by atoms with E-state index in [4.69, 9.17) is 0 Å². The Labute approximate surface area is 146 Å². The van der Waals surface area contributed by atoms with Gasteiger partial charge in [0.15, 0.2) is 5.17 Å². The fraction of sp³-hybridized carbons (Fsp3) is 0.400. The second kappa shape index (κ2) is 6.24. The third kappa shape index (κ3) is 3.74. The van der Waals surface area contributed by atoms with Crippen molar-refractivity contribution < 1.29 is 14.3 Å². The molecular formula is C15H17BrFN3O2S. The molecule has 5 nitrogen and oxygen atoms in total. The van der Waals surface area contributed by atoms with Crippen molar-refractivity contribution >= 4 is 39.0 Å². The predicted octanol–water partition coefficient (Wildman–Crippen LogP) is 4.59. The van der Waals surface area contributed by atoms with Crippen molar-refractivity contribution in [1.29, 1.82) is 0 Å². The molecule has 8 heteroatoms. The summed E-state index contributed by atoms with van der Waals surface area (Å²) in [6.45, 7) is 7.06. The number of carbonyl (C=O) groups is 1. The zero-order valence-corrected chi connectivity index (χ0v) is 15.6. The highest BCUT2D eigenvalue weighted by Crippen LogP contribution is 2.37. The zero-order valence-electron chi connectivity index (χ0n) is 13.2. The first-order chi connectivity index (χ1) is 10.5. The minimum absolute atomic E-state index is 0.278. The molecule has 1 atom stereocenters. The van der Waals surface area contributed by atoms with Crippen molar-refractivity contribution in [3.63, 3.8) is 0 Å². The first kappa shape index (κ1) is 17.9. The van der Waals surface area contributed by atoms with Crippen molar-refractivity contribution in [2.24, 2.45) is 4.99 Å². The van der Waals surface area contributed by atoms with E-state index in [2.05, 4.69) is 25.9 Å². The quantitative estimate of drug-likeness (QED) is 0.698. The number of carboxylic acid groups (broad SMARTS) is 1. The molecule has 1 amide bonds. The van der Waals surface area contributed by atoms with Gasteiger partial charge in [-0.05, 0) is 61.2 Å². The molecule has 0 fully saturated rings. The van der Waals surface area contributed by atoms with Gasteiger partial charge in [-0.25, -0.2) is 14.8 Å². The Balaban J connectivity index is 2.54. The van der Waals surface area contributed by atoms with Crippen LogP contribution in [-0.2, 0) is 5.54 Å². The number of nitrogens with zero attached hydrogens (tertiary/aromatic N) is 3. The van der Waals surface area contributed by atoms with Crippen LogP contribution >= 0.6 is 27.7 Å². The van der Waals surface area contributed by atoms with Crippen molar-refractivity contribution in [3.05, 3.63) is 39.7 Å². The number of amides is 1. The van der Waals surface area contributed by atoms with Crippen LogP contribution in [0.15, 0.2) is 33.2 Å². The number of hydrogen-bond donors (Lipinski definition) is 1. The van der Waals surface area contributed by atoms with Gasteiger partial charge in [0.25, 0.3) is 0 Å². The van der Waals surface area contributed by atoms with Crippen LogP contribution in [0.2, 0.25) is 0 Å². The lowest BCUT2D eigenvalue weighted by Crippen LogP contribution is -2.48. The summed E-state index contributed by atoms with van der Waals surface area (Å²) in [7, 11) is 0. The van der Waals surface area contributed by atoms with Crippen molar-refractivity contribution in [3.8, 4) is 0 Å². The highest BCUT2D eigenvalue weighted by atomic mass is 79.9. The van der Waals surface area contributed by atoms with E-state index >= 15 is 0 Å². The fourth-order valence-corrected chi connectivity index (χ4v) is 3.66. The van der Waals surface area contributed by atoms with E-state index in [0.717, 1.165) is 0 Å². The van der Waals surface area contributed by atoms with Gasteiger partial charge in [0.1, 0.15) is 5.54 Å². The molecule has 2 heterocycles. The van der Waals surface area contributed by atoms with Crippen molar-refractivity contribution in [2.45, 2.75) is 38.8 Å². The summed E-state index contributed by atoms with van der Waals surface area (Å²) in [5, 5.41) is 11.5. The maximum atomic E-state index is 14.1. The van der Waals surface area contributed by atoms with Gasteiger partial charge in [-0.2, -0.15) is 4.39 Å². The number of aromatic nitrogens is 1. The number of amidine groups is 1. The Bertz CT molecular complexity index is 702. The minimum Gasteiger partial charge on any atom is -0.465 e. The number of aliphatic imine (C=N–C) groups is 1. The predicted molar refractivity (Wildman–Crippen MR) is 93.0 cm³/mol. The standard InChI is InChI=1S/C15H17BrFN3O2S/c1-14(2,3)20(13(21)22)12-19-15(4,5-6-23-12)10-7-9(16)8-18-11(10)17/h5-8H,1-4H3,(H,21,22). The summed E-state index contributed by atoms with van der Waals surface area (Å²) in [4.78, 5) is 21.0. The highest BCUT2D eigenvalue weighted by molar-refractivity contribution is 9.10. The Kier molecular flexibility index (Phi) is 4.86. The molecule has 0 spiro atoms. The van der Waals surface area contributed by atoms with Crippen LogP contribution in [0.5, 0.6) is 0 Å². The Morgan fingerprint density at radius 3 is 2.70 bits per heavy atom. The summed E-state index contributed by atoms with van der Waals surface area (Å²) in [5.41, 5.74) is -1.42. The second-order valence-corrected chi connectivity index (χ2v) is 8.03. The smallest absolute Gasteiger partial charge is 0.413 e. The highest BCUT2D eigenvalue weighted by Gasteiger charge is 2.36. The molecule has 23 heavy (non-hydrogen) atoms. The average Bonchev–Trinajstić information content (AvgIpc) is 2.39. The fourth-order valence-electron chi connectivity index (χ4n) is 2.18. The SMILES string of the molecule is CC1(c2cc(Br)cnc2F)C=CSC(N(C(=O)O)C(C)(C)C)=N1. The van der Waals surface area contributed by atoms with E-state index in [0.29, 0.717) is 9.64 Å². The van der Waals surface area contributed by atoms with Crippen LogP contribution in [0, 0.1) is 5.95 Å². The largest absolute Gasteiger partial charge is 0.465 e. The molecule has 2 rings (SSSR count). The lowest BCUT2D eigenvalue weighted by molar-refractivity contribution is 0.142. The first-order valence-electron chi connectivity index (χ1n) is 6.83. The third-order valence-electron chi connectivity index (χ3n) is 3.30. The van der Waals surface area contributed by atoms with Gasteiger partial charge < -0.3 is 5.11 Å². The monoisotopic (exact) mass is 401 g/mol. The first-order valence-corrected chi connectivity index (χ1v) is 8.51. The van der Waals surface area contributed by atoms with Crippen LogP contribution in [0.3, 0.4) is 0 Å². The summed E-state index contributed by atoms with van der Waals surface area (Å²) < 4.78 is 14.8. The van der Waals surface area contributed by atoms with E-state index in [1.807, 2.05) is 0 Å². The van der Waals surface area contributed by atoms with Crippen LogP contribution in [-0.4, -0.2) is 31.8 Å². The maximum Gasteiger partial charge on any atom is 0.413 e. The summed E-state index contributed by atoms with van der Waals surface area (Å²) in [6.07, 6.45) is 2.00. The van der Waals surface area contributed by atoms with E-state index < -0.39 is 23.1 Å². The molecule has 1 aromatic heterocycles. The van der Waals surface area contributed by atoms with Gasteiger partial charge in [-0.1, -0.05) is 11.8 Å². The Morgan fingerprint density at radius 2 is 2.13 bits per heavy atom. The number of pyridine rings is 1. The summed E-state index contributed by atoms with van der Waals surface area (Å²) in [6, 6.07) is 1.60. The van der Waals surface area contributed by atoms with E-state index in [9.17, 15) is 14.3 Å². The average molecular weight is 402 g/mol. The molecule has 0 saturated carbocycles. The topological polar surface area (TPSA) is 65.8 Å². The molecule has 1 unspecified atom stereocenters. The maximum absolute atomic E-state index is 14.1. The second-order valence-electron chi connectivity index (χ2n) is 6.24. The minimum atomic E-state index is -1.10. The van der Waals surface area contributed by atoms with Gasteiger partial charge in [-0.15, -0.1) is 0 Å². The summed E-state index contributed by atoms with van der Waals surface area (Å²) in [5.74, 6) is -0.631. The van der Waals surface area contributed by atoms with Gasteiger partial charge in [0.05, 0.1) is 0 Å². The number of halogens is 2. The molecule has 1 aliphatic heterocycles. The van der Waals surface area contributed by atoms with Gasteiger partial charge in [-0.3, -0.25) is 4.90 Å². The van der Waals surface area contributed by atoms with E-state index in [1.165, 1.54) is 22.9 Å². The lowest BCUT2D eigenvalue weighted by atomic mass is 9.94. The van der Waals surface area contributed by atoms with Crippen molar-refractivity contribution in [1.82, 2.24) is 9.88 Å². The van der Waals surface area contributed by atoms with Crippen LogP contribution in [0.1, 0.15) is 33.3 Å². The Hall–Kier alpha value is -1.41. The van der Waals surface area contributed by atoms with Gasteiger partial charge >= 0.3 is 6.09 Å². The number of rotatable bonds is 1. The molecular weight excluding hydrogens is 385 g/mol. The lowest BCUT2D eigenvalue weighted by Gasteiger charge is -2.36. The van der Waals surface area contributed by atoms with Gasteiger partial charge in [0.2, 0.25) is 5.95 Å². The number of thioether (sulfide) groups is 1. The van der Waals surface area contributed by atoms with E-state index in [1.54, 1.807) is 45.2 Å².